The molecule has 0 saturated heterocycles. The third kappa shape index (κ3) is 4.31. The SMILES string of the molecule is c1ccc(-c2nc(-c3ccc(-c4cccc5oc6c7ccccc7cnc6c45)c4ccccc34)nc(-c3cccc4oc5ccccc5c34)n2)cc1. The van der Waals surface area contributed by atoms with Crippen molar-refractivity contribution >= 4 is 65.6 Å². The molecule has 11 aromatic rings. The smallest absolute Gasteiger partial charge is 0.164 e. The van der Waals surface area contributed by atoms with E-state index in [2.05, 4.69) is 72.8 Å². The first kappa shape index (κ1) is 28.6. The van der Waals surface area contributed by atoms with Crippen molar-refractivity contribution in [2.45, 2.75) is 0 Å². The summed E-state index contributed by atoms with van der Waals surface area (Å²) < 4.78 is 12.7. The molecule has 7 aromatic carbocycles. The topological polar surface area (TPSA) is 77.8 Å². The van der Waals surface area contributed by atoms with E-state index in [4.69, 9.17) is 28.8 Å². The van der Waals surface area contributed by atoms with Gasteiger partial charge >= 0.3 is 0 Å². The highest BCUT2D eigenvalue weighted by atomic mass is 16.3. The van der Waals surface area contributed by atoms with Gasteiger partial charge in [0.1, 0.15) is 22.3 Å². The predicted octanol–water partition coefficient (Wildman–Crippen LogP) is 12.0. The highest BCUT2D eigenvalue weighted by molar-refractivity contribution is 6.19. The van der Waals surface area contributed by atoms with Crippen LogP contribution in [0.2, 0.25) is 0 Å². The molecule has 242 valence electrons. The first-order valence-electron chi connectivity index (χ1n) is 17.2. The van der Waals surface area contributed by atoms with Gasteiger partial charge in [0.2, 0.25) is 0 Å². The van der Waals surface area contributed by atoms with Crippen LogP contribution >= 0.6 is 0 Å². The normalized spacial score (nSPS) is 11.8. The van der Waals surface area contributed by atoms with Crippen molar-refractivity contribution in [2.24, 2.45) is 0 Å². The summed E-state index contributed by atoms with van der Waals surface area (Å²) in [6.45, 7) is 0. The minimum Gasteiger partial charge on any atom is -0.456 e. The number of pyridine rings is 1. The number of hydrogen-bond acceptors (Lipinski definition) is 6. The first-order chi connectivity index (χ1) is 25.8. The van der Waals surface area contributed by atoms with Crippen LogP contribution in [0.25, 0.3) is 111 Å². The van der Waals surface area contributed by atoms with Crippen molar-refractivity contribution < 1.29 is 8.83 Å². The minimum atomic E-state index is 0.585. The van der Waals surface area contributed by atoms with E-state index in [1.165, 1.54) is 0 Å². The average molecular weight is 667 g/mol. The summed E-state index contributed by atoms with van der Waals surface area (Å²) in [5.41, 5.74) is 8.93. The maximum Gasteiger partial charge on any atom is 0.164 e. The van der Waals surface area contributed by atoms with Crippen LogP contribution in [-0.2, 0) is 0 Å². The van der Waals surface area contributed by atoms with Crippen LogP contribution in [0, 0.1) is 0 Å². The van der Waals surface area contributed by atoms with Crippen LogP contribution in [-0.4, -0.2) is 19.9 Å². The number of fused-ring (bicyclic) bond motifs is 9. The Morgan fingerprint density at radius 1 is 0.365 bits per heavy atom. The lowest BCUT2D eigenvalue weighted by molar-refractivity contribution is 0.669. The maximum atomic E-state index is 6.50. The van der Waals surface area contributed by atoms with Gasteiger partial charge in [0.25, 0.3) is 0 Å². The highest BCUT2D eigenvalue weighted by Gasteiger charge is 2.21. The van der Waals surface area contributed by atoms with Crippen molar-refractivity contribution in [1.29, 1.82) is 0 Å². The summed E-state index contributed by atoms with van der Waals surface area (Å²) in [4.78, 5) is 20.3. The predicted molar refractivity (Wildman–Crippen MR) is 209 cm³/mol. The quantitative estimate of drug-likeness (QED) is 0.186. The van der Waals surface area contributed by atoms with E-state index < -0.39 is 0 Å². The number of aromatic nitrogens is 4. The third-order valence-corrected chi connectivity index (χ3v) is 9.99. The Kier molecular flexibility index (Phi) is 6.15. The third-order valence-electron chi connectivity index (χ3n) is 9.99. The van der Waals surface area contributed by atoms with Gasteiger partial charge in [-0.2, -0.15) is 0 Å². The number of furan rings is 2. The molecule has 6 heteroatoms. The van der Waals surface area contributed by atoms with Crippen molar-refractivity contribution in [1.82, 2.24) is 19.9 Å². The standard InChI is InChI=1S/C46H26N4O2/c1-2-12-27(13-3-1)44-48-45(50-46(49-44)36-20-11-22-38-40(36)35-18-8-9-21-37(35)51-38)34-25-24-32(30-16-6-7-17-31(30)34)33-19-10-23-39-41(33)42-43(52-39)29-15-5-4-14-28(29)26-47-42/h1-26H. The molecule has 0 aliphatic heterocycles. The molecular formula is C46H26N4O2. The van der Waals surface area contributed by atoms with E-state index in [0.717, 1.165) is 93.4 Å². The monoisotopic (exact) mass is 666 g/mol. The second kappa shape index (κ2) is 11.2. The molecule has 0 aliphatic rings. The number of rotatable bonds is 4. The van der Waals surface area contributed by atoms with Crippen LogP contribution in [0.15, 0.2) is 167 Å². The lowest BCUT2D eigenvalue weighted by atomic mass is 9.92. The molecule has 4 aromatic heterocycles. The highest BCUT2D eigenvalue weighted by Crippen LogP contribution is 2.43. The van der Waals surface area contributed by atoms with Crippen molar-refractivity contribution in [3.63, 3.8) is 0 Å². The van der Waals surface area contributed by atoms with E-state index in [1.807, 2.05) is 85.1 Å². The zero-order valence-corrected chi connectivity index (χ0v) is 27.6. The van der Waals surface area contributed by atoms with Crippen molar-refractivity contribution in [2.75, 3.05) is 0 Å². The Morgan fingerprint density at radius 3 is 1.79 bits per heavy atom. The Balaban J connectivity index is 1.15. The van der Waals surface area contributed by atoms with Crippen LogP contribution in [0.3, 0.4) is 0 Å². The molecule has 0 unspecified atom stereocenters. The Bertz CT molecular complexity index is 3200. The molecule has 0 spiro atoms. The van der Waals surface area contributed by atoms with Gasteiger partial charge in [0, 0.05) is 44.4 Å². The molecule has 0 saturated carbocycles. The second-order valence-electron chi connectivity index (χ2n) is 13.0. The Hall–Kier alpha value is -7.18. The lowest BCUT2D eigenvalue weighted by Crippen LogP contribution is -2.01. The number of para-hydroxylation sites is 1. The molecule has 0 atom stereocenters. The molecule has 11 rings (SSSR count). The molecule has 0 N–H and O–H groups in total. The van der Waals surface area contributed by atoms with E-state index in [9.17, 15) is 0 Å². The minimum absolute atomic E-state index is 0.585. The first-order valence-corrected chi connectivity index (χ1v) is 17.2. The molecular weight excluding hydrogens is 641 g/mol. The second-order valence-corrected chi connectivity index (χ2v) is 13.0. The molecule has 0 aliphatic carbocycles. The van der Waals surface area contributed by atoms with E-state index in [1.54, 1.807) is 0 Å². The van der Waals surface area contributed by atoms with Gasteiger partial charge in [-0.1, -0.05) is 127 Å². The molecule has 0 bridgehead atoms. The molecule has 0 fully saturated rings. The van der Waals surface area contributed by atoms with Gasteiger partial charge in [-0.15, -0.1) is 0 Å². The van der Waals surface area contributed by atoms with Crippen molar-refractivity contribution in [3.8, 4) is 45.3 Å². The summed E-state index contributed by atoms with van der Waals surface area (Å²) in [5, 5.41) is 7.21. The number of nitrogens with zero attached hydrogens (tertiary/aromatic N) is 4. The average Bonchev–Trinajstić information content (AvgIpc) is 3.80. The Morgan fingerprint density at radius 2 is 0.962 bits per heavy atom. The zero-order chi connectivity index (χ0) is 34.2. The molecule has 52 heavy (non-hydrogen) atoms. The van der Waals surface area contributed by atoms with Crippen molar-refractivity contribution in [3.05, 3.63) is 158 Å². The van der Waals surface area contributed by atoms with E-state index in [0.29, 0.717) is 17.5 Å². The van der Waals surface area contributed by atoms with Gasteiger partial charge < -0.3 is 8.83 Å². The number of benzene rings is 7. The fourth-order valence-electron chi connectivity index (χ4n) is 7.64. The zero-order valence-electron chi connectivity index (χ0n) is 27.6. The fraction of sp³-hybridized carbons (Fsp3) is 0. The lowest BCUT2D eigenvalue weighted by Gasteiger charge is -2.14. The van der Waals surface area contributed by atoms with Crippen LogP contribution in [0.1, 0.15) is 0 Å². The van der Waals surface area contributed by atoms with Gasteiger partial charge in [-0.05, 0) is 46.2 Å². The summed E-state index contributed by atoms with van der Waals surface area (Å²) in [6, 6.07) is 51.4. The fourth-order valence-corrected chi connectivity index (χ4v) is 7.64. The van der Waals surface area contributed by atoms with Gasteiger partial charge in [-0.3, -0.25) is 4.98 Å². The molecule has 0 radical (unpaired) electrons. The van der Waals surface area contributed by atoms with E-state index >= 15 is 0 Å². The van der Waals surface area contributed by atoms with Crippen LogP contribution in [0.4, 0.5) is 0 Å². The molecule has 6 nitrogen and oxygen atoms in total. The summed E-state index contributed by atoms with van der Waals surface area (Å²) >= 11 is 0. The van der Waals surface area contributed by atoms with E-state index in [-0.39, 0.29) is 0 Å². The summed E-state index contributed by atoms with van der Waals surface area (Å²) in [5.74, 6) is 1.78. The van der Waals surface area contributed by atoms with Crippen LogP contribution in [0.5, 0.6) is 0 Å². The summed E-state index contributed by atoms with van der Waals surface area (Å²) in [6.07, 6.45) is 1.93. The number of hydrogen-bond donors (Lipinski definition) is 0. The van der Waals surface area contributed by atoms with Gasteiger partial charge in [0.15, 0.2) is 23.1 Å². The van der Waals surface area contributed by atoms with Crippen LogP contribution < -0.4 is 0 Å². The largest absolute Gasteiger partial charge is 0.456 e. The Labute approximate surface area is 296 Å². The summed E-state index contributed by atoms with van der Waals surface area (Å²) in [7, 11) is 0. The maximum absolute atomic E-state index is 6.50. The molecule has 0 amide bonds. The van der Waals surface area contributed by atoms with Gasteiger partial charge in [0.05, 0.1) is 5.39 Å². The molecule has 4 heterocycles. The van der Waals surface area contributed by atoms with Gasteiger partial charge in [-0.25, -0.2) is 15.0 Å².